The van der Waals surface area contributed by atoms with Gasteiger partial charge in [0.05, 0.1) is 0 Å². The molecule has 0 radical (unpaired) electrons. The smallest absolute Gasteiger partial charge is 0.0488 e. The van der Waals surface area contributed by atoms with Gasteiger partial charge in [-0.15, -0.1) is 0 Å². The molecule has 0 unspecified atom stereocenters. The van der Waals surface area contributed by atoms with E-state index in [2.05, 4.69) is 6.92 Å². The van der Waals surface area contributed by atoms with Crippen LogP contribution in [0.3, 0.4) is 0 Å². The van der Waals surface area contributed by atoms with E-state index in [1.807, 2.05) is 0 Å². The minimum absolute atomic E-state index is 0.0664. The summed E-state index contributed by atoms with van der Waals surface area (Å²) in [4.78, 5) is 0. The molecule has 4 fully saturated rings. The maximum atomic E-state index is 9.60. The Bertz CT molecular complexity index is 257. The van der Waals surface area contributed by atoms with E-state index in [0.29, 0.717) is 12.0 Å². The standard InChI is InChI=1S/C12H21NO/c1-10-2-9-3-11(5-10,8-14)7-12(13,4-9)6-10/h9,14H,2-8,13H2,1H3/t9-,10+,11+,12+/m0/s1. The Morgan fingerprint density at radius 3 is 2.57 bits per heavy atom. The Morgan fingerprint density at radius 1 is 1.21 bits per heavy atom. The highest BCUT2D eigenvalue weighted by Crippen LogP contribution is 2.65. The van der Waals surface area contributed by atoms with E-state index in [1.54, 1.807) is 0 Å². The van der Waals surface area contributed by atoms with Crippen LogP contribution in [0, 0.1) is 16.7 Å². The number of hydrogen-bond acceptors (Lipinski definition) is 2. The van der Waals surface area contributed by atoms with Gasteiger partial charge in [0, 0.05) is 12.1 Å². The lowest BCUT2D eigenvalue weighted by Crippen LogP contribution is -2.64. The summed E-state index contributed by atoms with van der Waals surface area (Å²) in [6.45, 7) is 2.74. The lowest BCUT2D eigenvalue weighted by molar-refractivity contribution is -0.132. The summed E-state index contributed by atoms with van der Waals surface area (Å²) in [6.07, 6.45) is 7.28. The van der Waals surface area contributed by atoms with Crippen molar-refractivity contribution < 1.29 is 5.11 Å². The number of hydrogen-bond donors (Lipinski definition) is 2. The lowest BCUT2D eigenvalue weighted by atomic mass is 9.42. The summed E-state index contributed by atoms with van der Waals surface area (Å²) >= 11 is 0. The summed E-state index contributed by atoms with van der Waals surface area (Å²) in [7, 11) is 0. The second-order valence-corrected chi connectivity index (χ2v) is 6.84. The fraction of sp³-hybridized carbons (Fsp3) is 1.00. The fourth-order valence-electron chi connectivity index (χ4n) is 5.40. The van der Waals surface area contributed by atoms with Crippen LogP contribution in [0.15, 0.2) is 0 Å². The third-order valence-electron chi connectivity index (χ3n) is 4.84. The predicted molar refractivity (Wildman–Crippen MR) is 55.7 cm³/mol. The van der Waals surface area contributed by atoms with Crippen LogP contribution in [0.25, 0.3) is 0 Å². The van der Waals surface area contributed by atoms with Gasteiger partial charge in [-0.25, -0.2) is 0 Å². The second kappa shape index (κ2) is 2.35. The molecule has 0 spiro atoms. The number of nitrogens with two attached hydrogens (primary N) is 1. The first-order valence-electron chi connectivity index (χ1n) is 5.87. The summed E-state index contributed by atoms with van der Waals surface area (Å²) in [6, 6.07) is 0. The van der Waals surface area contributed by atoms with E-state index in [4.69, 9.17) is 5.73 Å². The molecule has 0 aromatic heterocycles. The van der Waals surface area contributed by atoms with Gasteiger partial charge in [-0.1, -0.05) is 6.92 Å². The average molecular weight is 195 g/mol. The van der Waals surface area contributed by atoms with Crippen molar-refractivity contribution >= 4 is 0 Å². The molecule has 0 aromatic rings. The molecule has 0 saturated heterocycles. The Balaban J connectivity index is 2.01. The van der Waals surface area contributed by atoms with Gasteiger partial charge in [0.15, 0.2) is 0 Å². The molecule has 3 N–H and O–H groups in total. The third kappa shape index (κ3) is 1.10. The van der Waals surface area contributed by atoms with Gasteiger partial charge in [-0.2, -0.15) is 0 Å². The Kier molecular flexibility index (Phi) is 1.54. The predicted octanol–water partition coefficient (Wildman–Crippen LogP) is 1.67. The van der Waals surface area contributed by atoms with E-state index in [0.717, 1.165) is 12.3 Å². The highest BCUT2D eigenvalue weighted by Gasteiger charge is 2.60. The van der Waals surface area contributed by atoms with Crippen molar-refractivity contribution in [2.45, 2.75) is 51.0 Å². The Hall–Kier alpha value is -0.0800. The Morgan fingerprint density at radius 2 is 2.00 bits per heavy atom. The molecule has 4 bridgehead atoms. The van der Waals surface area contributed by atoms with Gasteiger partial charge < -0.3 is 10.8 Å². The van der Waals surface area contributed by atoms with Crippen molar-refractivity contribution in [3.8, 4) is 0 Å². The first kappa shape index (κ1) is 9.17. The zero-order valence-corrected chi connectivity index (χ0v) is 9.05. The molecule has 0 heterocycles. The average Bonchev–Trinajstić information content (AvgIpc) is 1.97. The number of aliphatic hydroxyl groups excluding tert-OH is 1. The van der Waals surface area contributed by atoms with Crippen LogP contribution in [0.1, 0.15) is 45.4 Å². The lowest BCUT2D eigenvalue weighted by Gasteiger charge is -2.64. The maximum Gasteiger partial charge on any atom is 0.0488 e. The first-order valence-corrected chi connectivity index (χ1v) is 5.87. The minimum atomic E-state index is 0.0664. The zero-order chi connectivity index (χ0) is 10.0. The van der Waals surface area contributed by atoms with Crippen molar-refractivity contribution in [2.75, 3.05) is 6.61 Å². The van der Waals surface area contributed by atoms with Crippen LogP contribution in [0.2, 0.25) is 0 Å². The minimum Gasteiger partial charge on any atom is -0.396 e. The second-order valence-electron chi connectivity index (χ2n) is 6.84. The zero-order valence-electron chi connectivity index (χ0n) is 9.05. The van der Waals surface area contributed by atoms with Crippen LogP contribution in [0.5, 0.6) is 0 Å². The van der Waals surface area contributed by atoms with Crippen LogP contribution >= 0.6 is 0 Å². The number of aliphatic hydroxyl groups is 1. The molecule has 2 nitrogen and oxygen atoms in total. The topological polar surface area (TPSA) is 46.2 Å². The molecule has 0 aromatic carbocycles. The van der Waals surface area contributed by atoms with E-state index in [-0.39, 0.29) is 11.0 Å². The quantitative estimate of drug-likeness (QED) is 0.668. The van der Waals surface area contributed by atoms with Crippen LogP contribution < -0.4 is 5.73 Å². The molecule has 4 aliphatic carbocycles. The van der Waals surface area contributed by atoms with Gasteiger partial charge >= 0.3 is 0 Å². The molecular weight excluding hydrogens is 174 g/mol. The fourth-order valence-corrected chi connectivity index (χ4v) is 5.40. The third-order valence-corrected chi connectivity index (χ3v) is 4.84. The van der Waals surface area contributed by atoms with E-state index < -0.39 is 0 Å². The Labute approximate surface area is 85.9 Å². The van der Waals surface area contributed by atoms with Crippen LogP contribution in [-0.4, -0.2) is 17.3 Å². The first-order chi connectivity index (χ1) is 6.47. The summed E-state index contributed by atoms with van der Waals surface area (Å²) in [5.41, 5.74) is 7.16. The number of rotatable bonds is 1. The van der Waals surface area contributed by atoms with E-state index in [9.17, 15) is 5.11 Å². The van der Waals surface area contributed by atoms with Gasteiger partial charge in [0.25, 0.3) is 0 Å². The molecule has 4 aliphatic rings. The molecule has 80 valence electrons. The molecule has 4 saturated carbocycles. The van der Waals surface area contributed by atoms with Crippen LogP contribution in [0.4, 0.5) is 0 Å². The van der Waals surface area contributed by atoms with Crippen molar-refractivity contribution in [1.82, 2.24) is 0 Å². The summed E-state index contributed by atoms with van der Waals surface area (Å²) < 4.78 is 0. The molecule has 2 heteroatoms. The highest BCUT2D eigenvalue weighted by molar-refractivity contribution is 5.14. The maximum absolute atomic E-state index is 9.60. The SMILES string of the molecule is C[C@]12C[C@@H]3C[C@@](N)(C1)C[C@@](CO)(C3)C2. The van der Waals surface area contributed by atoms with Crippen molar-refractivity contribution in [3.63, 3.8) is 0 Å². The van der Waals surface area contributed by atoms with Crippen molar-refractivity contribution in [2.24, 2.45) is 22.5 Å². The largest absolute Gasteiger partial charge is 0.396 e. The van der Waals surface area contributed by atoms with Gasteiger partial charge in [-0.3, -0.25) is 0 Å². The van der Waals surface area contributed by atoms with E-state index in [1.165, 1.54) is 32.1 Å². The summed E-state index contributed by atoms with van der Waals surface area (Å²) in [5.74, 6) is 0.799. The van der Waals surface area contributed by atoms with Crippen molar-refractivity contribution in [1.29, 1.82) is 0 Å². The van der Waals surface area contributed by atoms with Gasteiger partial charge in [0.1, 0.15) is 0 Å². The monoisotopic (exact) mass is 195 g/mol. The molecule has 4 rings (SSSR count). The van der Waals surface area contributed by atoms with Gasteiger partial charge in [0.2, 0.25) is 0 Å². The van der Waals surface area contributed by atoms with E-state index >= 15 is 0 Å². The molecular formula is C12H21NO. The molecule has 14 heavy (non-hydrogen) atoms. The molecule has 0 amide bonds. The summed E-state index contributed by atoms with van der Waals surface area (Å²) in [5, 5.41) is 9.60. The van der Waals surface area contributed by atoms with Crippen LogP contribution in [-0.2, 0) is 0 Å². The normalized spacial score (nSPS) is 60.6. The highest BCUT2D eigenvalue weighted by atomic mass is 16.3. The molecule has 0 aliphatic heterocycles. The van der Waals surface area contributed by atoms with Gasteiger partial charge in [-0.05, 0) is 55.3 Å². The molecule has 4 atom stereocenters. The van der Waals surface area contributed by atoms with Crippen molar-refractivity contribution in [3.05, 3.63) is 0 Å².